The number of piperazine rings is 1. The van der Waals surface area contributed by atoms with E-state index in [2.05, 4.69) is 15.5 Å². The summed E-state index contributed by atoms with van der Waals surface area (Å²) in [7, 11) is 1.67. The second kappa shape index (κ2) is 13.0. The number of nitrogens with zero attached hydrogens (tertiary/aromatic N) is 2. The quantitative estimate of drug-likeness (QED) is 0.571. The zero-order valence-electron chi connectivity index (χ0n) is 17.7. The highest BCUT2D eigenvalue weighted by atomic mass is 35.5. The normalized spacial score (nSPS) is 27.9. The second-order valence-electron chi connectivity index (χ2n) is 8.28. The molecule has 3 fully saturated rings. The van der Waals surface area contributed by atoms with Crippen molar-refractivity contribution in [3.8, 4) is 0 Å². The van der Waals surface area contributed by atoms with E-state index >= 15 is 0 Å². The number of methoxy groups -OCH3 is 1. The first kappa shape index (κ1) is 26.4. The summed E-state index contributed by atoms with van der Waals surface area (Å²) in [5.41, 5.74) is 0. The van der Waals surface area contributed by atoms with Gasteiger partial charge in [-0.25, -0.2) is 0 Å². The van der Waals surface area contributed by atoms with Crippen LogP contribution in [0.15, 0.2) is 0 Å². The van der Waals surface area contributed by atoms with Gasteiger partial charge in [-0.15, -0.1) is 24.8 Å². The summed E-state index contributed by atoms with van der Waals surface area (Å²) in [6.45, 7) is 6.21. The Kier molecular flexibility index (Phi) is 11.8. The van der Waals surface area contributed by atoms with E-state index in [0.717, 1.165) is 25.9 Å². The highest BCUT2D eigenvalue weighted by Crippen LogP contribution is 2.33. The fourth-order valence-corrected chi connectivity index (χ4v) is 4.80. The summed E-state index contributed by atoms with van der Waals surface area (Å²) in [5.74, 6) is 1.02. The van der Waals surface area contributed by atoms with Crippen molar-refractivity contribution in [1.82, 2.24) is 20.4 Å². The molecule has 0 aromatic carbocycles. The third-order valence-electron chi connectivity index (χ3n) is 6.54. The van der Waals surface area contributed by atoms with Crippen molar-refractivity contribution in [2.24, 2.45) is 5.92 Å². The van der Waals surface area contributed by atoms with Crippen LogP contribution in [0.3, 0.4) is 0 Å². The molecular formula is C20H38Cl2N4O3. The first-order chi connectivity index (χ1) is 13.1. The van der Waals surface area contributed by atoms with E-state index in [1.165, 1.54) is 25.7 Å². The molecule has 4 atom stereocenters. The molecule has 0 spiro atoms. The zero-order valence-corrected chi connectivity index (χ0v) is 19.4. The van der Waals surface area contributed by atoms with Crippen LogP contribution < -0.4 is 10.6 Å². The van der Waals surface area contributed by atoms with Gasteiger partial charge in [0.2, 0.25) is 11.8 Å². The fourth-order valence-electron chi connectivity index (χ4n) is 4.80. The molecule has 3 rings (SSSR count). The SMILES string of the molecule is COCCCNC(=O)C(C)N1CCN(C(=O)C2CC3CCCCC3N2)CC1.Cl.Cl. The second-order valence-corrected chi connectivity index (χ2v) is 8.28. The standard InChI is InChI=1S/C20H36N4O3.2ClH/c1-15(19(25)21-8-5-13-27-2)23-9-11-24(12-10-23)20(26)18-14-16-6-3-4-7-17(16)22-18;;/h15-18,22H,3-14H2,1-2H3,(H,21,25);2*1H. The largest absolute Gasteiger partial charge is 0.385 e. The Bertz CT molecular complexity index is 504. The molecular weight excluding hydrogens is 415 g/mol. The van der Waals surface area contributed by atoms with Gasteiger partial charge in [-0.2, -0.15) is 0 Å². The Morgan fingerprint density at radius 2 is 1.83 bits per heavy atom. The lowest BCUT2D eigenvalue weighted by Crippen LogP contribution is -2.57. The number of hydrogen-bond donors (Lipinski definition) is 2. The van der Waals surface area contributed by atoms with Gasteiger partial charge in [-0.3, -0.25) is 14.5 Å². The first-order valence-corrected chi connectivity index (χ1v) is 10.7. The number of halogens is 2. The monoisotopic (exact) mass is 452 g/mol. The van der Waals surface area contributed by atoms with E-state index in [0.29, 0.717) is 38.2 Å². The van der Waals surface area contributed by atoms with Gasteiger partial charge in [0.25, 0.3) is 0 Å². The van der Waals surface area contributed by atoms with E-state index in [4.69, 9.17) is 4.74 Å². The van der Waals surface area contributed by atoms with Gasteiger partial charge in [0.1, 0.15) is 0 Å². The number of nitrogens with one attached hydrogen (secondary N) is 2. The molecule has 4 unspecified atom stereocenters. The maximum Gasteiger partial charge on any atom is 0.239 e. The molecule has 1 saturated carbocycles. The van der Waals surface area contributed by atoms with Crippen molar-refractivity contribution >= 4 is 36.6 Å². The number of fused-ring (bicyclic) bond motifs is 1. The summed E-state index contributed by atoms with van der Waals surface area (Å²) in [4.78, 5) is 29.4. The lowest BCUT2D eigenvalue weighted by molar-refractivity contribution is -0.136. The van der Waals surface area contributed by atoms with Gasteiger partial charge in [-0.05, 0) is 38.5 Å². The van der Waals surface area contributed by atoms with Crippen LogP contribution in [0.5, 0.6) is 0 Å². The van der Waals surface area contributed by atoms with E-state index in [9.17, 15) is 9.59 Å². The molecule has 2 heterocycles. The molecule has 2 saturated heterocycles. The van der Waals surface area contributed by atoms with Crippen molar-refractivity contribution in [2.45, 2.75) is 63.6 Å². The van der Waals surface area contributed by atoms with Crippen molar-refractivity contribution in [3.05, 3.63) is 0 Å². The van der Waals surface area contributed by atoms with Crippen molar-refractivity contribution in [2.75, 3.05) is 46.4 Å². The molecule has 2 N–H and O–H groups in total. The number of carbonyl (C=O) groups excluding carboxylic acids is 2. The van der Waals surface area contributed by atoms with Crippen LogP contribution in [0.25, 0.3) is 0 Å². The molecule has 9 heteroatoms. The average Bonchev–Trinajstić information content (AvgIpc) is 3.14. The zero-order chi connectivity index (χ0) is 19.2. The average molecular weight is 453 g/mol. The maximum absolute atomic E-state index is 12.9. The first-order valence-electron chi connectivity index (χ1n) is 10.7. The summed E-state index contributed by atoms with van der Waals surface area (Å²) < 4.78 is 5.00. The minimum Gasteiger partial charge on any atom is -0.385 e. The van der Waals surface area contributed by atoms with Crippen LogP contribution in [-0.4, -0.2) is 86.2 Å². The van der Waals surface area contributed by atoms with Crippen molar-refractivity contribution in [1.29, 1.82) is 0 Å². The fraction of sp³-hybridized carbons (Fsp3) is 0.900. The number of carbonyl (C=O) groups is 2. The van der Waals surface area contributed by atoms with Crippen molar-refractivity contribution in [3.63, 3.8) is 0 Å². The van der Waals surface area contributed by atoms with Gasteiger partial charge < -0.3 is 20.3 Å². The number of hydrogen-bond acceptors (Lipinski definition) is 5. The van der Waals surface area contributed by atoms with Gasteiger partial charge >= 0.3 is 0 Å². The van der Waals surface area contributed by atoms with Crippen LogP contribution in [0.4, 0.5) is 0 Å². The van der Waals surface area contributed by atoms with Crippen LogP contribution in [0.1, 0.15) is 45.4 Å². The third kappa shape index (κ3) is 6.96. The minimum atomic E-state index is -0.155. The van der Waals surface area contributed by atoms with Crippen LogP contribution in [-0.2, 0) is 14.3 Å². The Balaban J connectivity index is 0.00000210. The topological polar surface area (TPSA) is 73.9 Å². The van der Waals surface area contributed by atoms with Crippen LogP contribution >= 0.6 is 24.8 Å². The minimum absolute atomic E-state index is 0. The number of rotatable bonds is 7. The lowest BCUT2D eigenvalue weighted by Gasteiger charge is -2.38. The molecule has 7 nitrogen and oxygen atoms in total. The summed E-state index contributed by atoms with van der Waals surface area (Å²) >= 11 is 0. The predicted molar refractivity (Wildman–Crippen MR) is 119 cm³/mol. The van der Waals surface area contributed by atoms with E-state index < -0.39 is 0 Å². The smallest absolute Gasteiger partial charge is 0.239 e. The third-order valence-corrected chi connectivity index (χ3v) is 6.54. The molecule has 0 radical (unpaired) electrons. The molecule has 3 aliphatic rings. The lowest BCUT2D eigenvalue weighted by atomic mass is 9.85. The summed E-state index contributed by atoms with van der Waals surface area (Å²) in [6, 6.07) is 0.402. The maximum atomic E-state index is 12.9. The molecule has 0 aromatic rings. The Morgan fingerprint density at radius 3 is 2.48 bits per heavy atom. The van der Waals surface area contributed by atoms with E-state index in [1.807, 2.05) is 11.8 Å². The molecule has 29 heavy (non-hydrogen) atoms. The Hall–Kier alpha value is -0.600. The molecule has 1 aliphatic carbocycles. The molecule has 2 amide bonds. The van der Waals surface area contributed by atoms with Crippen molar-refractivity contribution < 1.29 is 14.3 Å². The molecule has 2 aliphatic heterocycles. The van der Waals surface area contributed by atoms with E-state index in [1.54, 1.807) is 7.11 Å². The Morgan fingerprint density at radius 1 is 1.14 bits per heavy atom. The number of amides is 2. The van der Waals surface area contributed by atoms with Gasteiger partial charge in [-0.1, -0.05) is 12.8 Å². The van der Waals surface area contributed by atoms with E-state index in [-0.39, 0.29) is 48.7 Å². The summed E-state index contributed by atoms with van der Waals surface area (Å²) in [6.07, 6.45) is 6.93. The molecule has 0 aromatic heterocycles. The number of ether oxygens (including phenoxy) is 1. The molecule has 0 bridgehead atoms. The van der Waals surface area contributed by atoms with Crippen LogP contribution in [0, 0.1) is 5.92 Å². The summed E-state index contributed by atoms with van der Waals surface area (Å²) in [5, 5.41) is 6.57. The highest BCUT2D eigenvalue weighted by molar-refractivity contribution is 5.85. The van der Waals surface area contributed by atoms with Gasteiger partial charge in [0.05, 0.1) is 12.1 Å². The highest BCUT2D eigenvalue weighted by Gasteiger charge is 2.40. The van der Waals surface area contributed by atoms with Gasteiger partial charge in [0, 0.05) is 52.5 Å². The van der Waals surface area contributed by atoms with Gasteiger partial charge in [0.15, 0.2) is 0 Å². The Labute approximate surface area is 187 Å². The van der Waals surface area contributed by atoms with Crippen LogP contribution in [0.2, 0.25) is 0 Å². The molecule has 170 valence electrons. The predicted octanol–water partition coefficient (Wildman–Crippen LogP) is 1.44.